The zero-order valence-corrected chi connectivity index (χ0v) is 11.9. The van der Waals surface area contributed by atoms with Crippen LogP contribution in [0.4, 0.5) is 11.4 Å². The van der Waals surface area contributed by atoms with E-state index in [2.05, 4.69) is 4.99 Å². The Morgan fingerprint density at radius 1 is 1.14 bits per heavy atom. The number of nitro benzene ring substituents is 1. The van der Waals surface area contributed by atoms with Crippen LogP contribution in [0.15, 0.2) is 52.4 Å². The minimum atomic E-state index is -3.79. The molecule has 0 bridgehead atoms. The number of rotatable bonds is 4. The second-order valence-corrected chi connectivity index (χ2v) is 5.84. The molecule has 9 heteroatoms. The molecule has 0 amide bonds. The third kappa shape index (κ3) is 3.65. The Morgan fingerprint density at radius 3 is 2.32 bits per heavy atom. The van der Waals surface area contributed by atoms with Gasteiger partial charge in [0.1, 0.15) is 0 Å². The fourth-order valence-electron chi connectivity index (χ4n) is 1.62. The third-order valence-corrected chi connectivity index (χ3v) is 3.65. The van der Waals surface area contributed by atoms with Crippen LogP contribution < -0.4 is 10.2 Å². The minimum absolute atomic E-state index is 0.0599. The monoisotopic (exact) mass is 320 g/mol. The highest BCUT2D eigenvalue weighted by Crippen LogP contribution is 2.21. The summed E-state index contributed by atoms with van der Waals surface area (Å²) in [7, 11) is -3.79. The van der Waals surface area contributed by atoms with Crippen molar-refractivity contribution in [1.82, 2.24) is 0 Å². The van der Waals surface area contributed by atoms with Gasteiger partial charge in [-0.15, -0.1) is 0 Å². The topological polar surface area (TPSA) is 139 Å². The molecule has 0 aliphatic carbocycles. The Morgan fingerprint density at radius 2 is 1.77 bits per heavy atom. The van der Waals surface area contributed by atoms with E-state index in [-0.39, 0.29) is 16.1 Å². The van der Waals surface area contributed by atoms with Gasteiger partial charge in [-0.2, -0.15) is 0 Å². The summed E-state index contributed by atoms with van der Waals surface area (Å²) in [5.41, 5.74) is 0.216. The van der Waals surface area contributed by atoms with Crippen LogP contribution in [0.5, 0.6) is 5.75 Å². The largest absolute Gasteiger partial charge is 0.872 e. The van der Waals surface area contributed by atoms with Crippen LogP contribution in [0.25, 0.3) is 0 Å². The first-order chi connectivity index (χ1) is 10.3. The van der Waals surface area contributed by atoms with Crippen molar-refractivity contribution in [2.75, 3.05) is 0 Å². The molecule has 0 unspecified atom stereocenters. The highest BCUT2D eigenvalue weighted by molar-refractivity contribution is 7.89. The van der Waals surface area contributed by atoms with Crippen LogP contribution in [0, 0.1) is 10.1 Å². The predicted octanol–water partition coefficient (Wildman–Crippen LogP) is 1.07. The Hall–Kier alpha value is -2.78. The second-order valence-electron chi connectivity index (χ2n) is 4.28. The van der Waals surface area contributed by atoms with E-state index >= 15 is 0 Å². The summed E-state index contributed by atoms with van der Waals surface area (Å²) in [6.07, 6.45) is 1.18. The van der Waals surface area contributed by atoms with E-state index in [1.807, 2.05) is 0 Å². The molecule has 0 saturated heterocycles. The van der Waals surface area contributed by atoms with Gasteiger partial charge in [0.15, 0.2) is 0 Å². The van der Waals surface area contributed by atoms with E-state index in [1.165, 1.54) is 30.5 Å². The Labute approximate surface area is 125 Å². The fourth-order valence-corrected chi connectivity index (χ4v) is 2.13. The van der Waals surface area contributed by atoms with Crippen molar-refractivity contribution in [2.45, 2.75) is 4.90 Å². The van der Waals surface area contributed by atoms with Crippen molar-refractivity contribution in [3.8, 4) is 5.75 Å². The van der Waals surface area contributed by atoms with Gasteiger partial charge in [-0.1, -0.05) is 11.8 Å². The molecular weight excluding hydrogens is 310 g/mol. The van der Waals surface area contributed by atoms with Crippen LogP contribution in [0.2, 0.25) is 0 Å². The van der Waals surface area contributed by atoms with Gasteiger partial charge in [0.2, 0.25) is 10.0 Å². The zero-order valence-electron chi connectivity index (χ0n) is 11.0. The van der Waals surface area contributed by atoms with Crippen LogP contribution in [-0.2, 0) is 10.0 Å². The van der Waals surface area contributed by atoms with E-state index in [9.17, 15) is 23.6 Å². The molecule has 2 rings (SSSR count). The normalized spacial score (nSPS) is 11.7. The van der Waals surface area contributed by atoms with Crippen LogP contribution in [-0.4, -0.2) is 19.6 Å². The molecule has 0 atom stereocenters. The average molecular weight is 320 g/mol. The van der Waals surface area contributed by atoms with Crippen molar-refractivity contribution in [3.05, 3.63) is 58.1 Å². The van der Waals surface area contributed by atoms with Gasteiger partial charge >= 0.3 is 0 Å². The van der Waals surface area contributed by atoms with Crippen molar-refractivity contribution >= 4 is 27.6 Å². The van der Waals surface area contributed by atoms with Gasteiger partial charge in [0, 0.05) is 18.3 Å². The Bertz CT molecular complexity index is 844. The molecule has 0 fully saturated rings. The molecule has 0 heterocycles. The lowest BCUT2D eigenvalue weighted by atomic mass is 10.2. The summed E-state index contributed by atoms with van der Waals surface area (Å²) >= 11 is 0. The molecule has 0 aromatic heterocycles. The van der Waals surface area contributed by atoms with E-state index in [4.69, 9.17) is 5.14 Å². The number of hydrogen-bond donors (Lipinski definition) is 1. The highest BCUT2D eigenvalue weighted by Gasteiger charge is 2.07. The molecule has 8 nitrogen and oxygen atoms in total. The lowest BCUT2D eigenvalue weighted by molar-refractivity contribution is -0.385. The molecule has 0 spiro atoms. The lowest BCUT2D eigenvalue weighted by Crippen LogP contribution is -2.11. The lowest BCUT2D eigenvalue weighted by Gasteiger charge is -2.08. The number of nitrogens with two attached hydrogens (primary N) is 1. The van der Waals surface area contributed by atoms with Gasteiger partial charge in [-0.25, -0.2) is 13.6 Å². The van der Waals surface area contributed by atoms with Gasteiger partial charge in [-0.05, 0) is 29.8 Å². The summed E-state index contributed by atoms with van der Waals surface area (Å²) in [4.78, 5) is 14.0. The number of sulfonamides is 1. The van der Waals surface area contributed by atoms with Crippen LogP contribution in [0.1, 0.15) is 5.56 Å². The summed E-state index contributed by atoms with van der Waals surface area (Å²) in [5, 5.41) is 27.2. The maximum Gasteiger partial charge on any atom is 0.270 e. The van der Waals surface area contributed by atoms with Crippen molar-refractivity contribution in [3.63, 3.8) is 0 Å². The SMILES string of the molecule is NS(=O)(=O)c1ccc(N=Cc2cc([N+](=O)[O-])ccc2[O-])cc1. The van der Waals surface area contributed by atoms with Gasteiger partial charge in [-0.3, -0.25) is 15.1 Å². The minimum Gasteiger partial charge on any atom is -0.872 e. The molecule has 0 saturated carbocycles. The molecule has 2 N–H and O–H groups in total. The van der Waals surface area contributed by atoms with Crippen LogP contribution in [0.3, 0.4) is 0 Å². The van der Waals surface area contributed by atoms with Gasteiger partial charge in [0.05, 0.1) is 15.5 Å². The first kappa shape index (κ1) is 15.6. The van der Waals surface area contributed by atoms with Crippen LogP contribution >= 0.6 is 0 Å². The average Bonchev–Trinajstić information content (AvgIpc) is 2.45. The number of aliphatic imine (C=N–C) groups is 1. The summed E-state index contributed by atoms with van der Waals surface area (Å²) in [6, 6.07) is 8.66. The number of primary sulfonamides is 1. The van der Waals surface area contributed by atoms with Crippen molar-refractivity contribution in [2.24, 2.45) is 10.1 Å². The number of nitro groups is 1. The summed E-state index contributed by atoms with van der Waals surface area (Å²) in [5.74, 6) is -0.407. The Kier molecular flexibility index (Phi) is 4.20. The molecule has 2 aromatic carbocycles. The number of hydrogen-bond acceptors (Lipinski definition) is 6. The molecule has 114 valence electrons. The predicted molar refractivity (Wildman–Crippen MR) is 77.6 cm³/mol. The first-order valence-electron chi connectivity index (χ1n) is 5.90. The quantitative estimate of drug-likeness (QED) is 0.510. The number of non-ortho nitro benzene ring substituents is 1. The molecule has 2 aromatic rings. The molecule has 0 aliphatic rings. The second kappa shape index (κ2) is 5.92. The number of benzene rings is 2. The zero-order chi connectivity index (χ0) is 16.3. The Balaban J connectivity index is 2.29. The summed E-state index contributed by atoms with van der Waals surface area (Å²) < 4.78 is 22.2. The van der Waals surface area contributed by atoms with Crippen molar-refractivity contribution in [1.29, 1.82) is 0 Å². The van der Waals surface area contributed by atoms with E-state index in [0.29, 0.717) is 5.69 Å². The van der Waals surface area contributed by atoms with E-state index in [0.717, 1.165) is 18.2 Å². The van der Waals surface area contributed by atoms with E-state index in [1.54, 1.807) is 0 Å². The third-order valence-electron chi connectivity index (χ3n) is 2.72. The standard InChI is InChI=1S/C13H11N3O5S/c14-22(20,21)12-4-1-10(2-5-12)15-8-9-7-11(16(18)19)3-6-13(9)17/h1-8,17H,(H2,14,20,21)/p-1. The van der Waals surface area contributed by atoms with Gasteiger partial charge in [0.25, 0.3) is 5.69 Å². The first-order valence-corrected chi connectivity index (χ1v) is 7.44. The molecular formula is C13H10N3O5S-. The maximum atomic E-state index is 11.6. The molecule has 22 heavy (non-hydrogen) atoms. The smallest absolute Gasteiger partial charge is 0.270 e. The maximum absolute atomic E-state index is 11.6. The highest BCUT2D eigenvalue weighted by atomic mass is 32.2. The fraction of sp³-hybridized carbons (Fsp3) is 0. The van der Waals surface area contributed by atoms with Gasteiger partial charge < -0.3 is 5.11 Å². The number of nitrogens with zero attached hydrogens (tertiary/aromatic N) is 2. The molecule has 0 aliphatic heterocycles. The molecule has 0 radical (unpaired) electrons. The van der Waals surface area contributed by atoms with E-state index < -0.39 is 20.7 Å². The summed E-state index contributed by atoms with van der Waals surface area (Å²) in [6.45, 7) is 0. The van der Waals surface area contributed by atoms with Crippen molar-refractivity contribution < 1.29 is 18.4 Å².